The number of fused-ring (bicyclic) bond motifs is 1. The molecule has 5 rings (SSSR count). The first-order chi connectivity index (χ1) is 16.3. The molecule has 0 aromatic heterocycles. The van der Waals surface area contributed by atoms with E-state index in [0.717, 1.165) is 16.7 Å². The van der Waals surface area contributed by atoms with Crippen LogP contribution >= 0.6 is 0 Å². The number of rotatable bonds is 7. The molecule has 0 bridgehead atoms. The van der Waals surface area contributed by atoms with Crippen molar-refractivity contribution >= 4 is 5.91 Å². The highest BCUT2D eigenvalue weighted by atomic mass is 16.5. The van der Waals surface area contributed by atoms with E-state index < -0.39 is 6.23 Å². The monoisotopic (exact) mass is 437 g/mol. The lowest BCUT2D eigenvalue weighted by Crippen LogP contribution is -2.37. The van der Waals surface area contributed by atoms with Gasteiger partial charge in [-0.3, -0.25) is 4.79 Å². The molecular formula is C28H23NO4. The van der Waals surface area contributed by atoms with E-state index in [1.165, 1.54) is 0 Å². The average Bonchev–Trinajstić information content (AvgIpc) is 2.87. The molecule has 5 nitrogen and oxygen atoms in total. The third-order valence-electron chi connectivity index (χ3n) is 5.39. The van der Waals surface area contributed by atoms with Crippen LogP contribution < -0.4 is 19.5 Å². The summed E-state index contributed by atoms with van der Waals surface area (Å²) in [6, 6.07) is 32.7. The number of carbonyl (C=O) groups is 1. The van der Waals surface area contributed by atoms with Crippen molar-refractivity contribution in [1.29, 1.82) is 0 Å². The van der Waals surface area contributed by atoms with E-state index in [9.17, 15) is 4.79 Å². The van der Waals surface area contributed by atoms with Crippen LogP contribution in [-0.4, -0.2) is 5.91 Å². The summed E-state index contributed by atoms with van der Waals surface area (Å²) in [7, 11) is 0. The highest BCUT2D eigenvalue weighted by Crippen LogP contribution is 2.35. The van der Waals surface area contributed by atoms with Crippen molar-refractivity contribution in [1.82, 2.24) is 5.32 Å². The molecule has 0 spiro atoms. The Balaban J connectivity index is 1.41. The summed E-state index contributed by atoms with van der Waals surface area (Å²) in [6.45, 7) is 0.829. The molecule has 1 atom stereocenters. The fourth-order valence-corrected chi connectivity index (χ4v) is 3.67. The second-order valence-corrected chi connectivity index (χ2v) is 7.72. The first kappa shape index (κ1) is 20.6. The van der Waals surface area contributed by atoms with Gasteiger partial charge in [-0.05, 0) is 35.4 Å². The third kappa shape index (κ3) is 4.83. The zero-order chi connectivity index (χ0) is 22.5. The minimum atomic E-state index is -0.665. The van der Waals surface area contributed by atoms with E-state index in [4.69, 9.17) is 14.2 Å². The van der Waals surface area contributed by atoms with Crippen molar-refractivity contribution < 1.29 is 19.0 Å². The number of hydrogen-bond acceptors (Lipinski definition) is 4. The first-order valence-electron chi connectivity index (χ1n) is 10.8. The van der Waals surface area contributed by atoms with Crippen LogP contribution in [0.2, 0.25) is 0 Å². The first-order valence-corrected chi connectivity index (χ1v) is 10.8. The second-order valence-electron chi connectivity index (χ2n) is 7.72. The Morgan fingerprint density at radius 3 is 2.09 bits per heavy atom. The number of benzene rings is 4. The van der Waals surface area contributed by atoms with E-state index >= 15 is 0 Å². The number of amides is 1. The molecule has 1 aliphatic rings. The van der Waals surface area contributed by atoms with Crippen LogP contribution in [0.25, 0.3) is 0 Å². The zero-order valence-corrected chi connectivity index (χ0v) is 17.9. The third-order valence-corrected chi connectivity index (χ3v) is 5.39. The number of ether oxygens (including phenoxy) is 3. The molecule has 0 saturated heterocycles. The van der Waals surface area contributed by atoms with Crippen molar-refractivity contribution in [2.75, 3.05) is 0 Å². The molecule has 0 radical (unpaired) electrons. The van der Waals surface area contributed by atoms with Crippen LogP contribution in [0.15, 0.2) is 103 Å². The molecule has 0 fully saturated rings. The number of para-hydroxylation sites is 1. The van der Waals surface area contributed by atoms with Gasteiger partial charge in [-0.1, -0.05) is 72.8 Å². The van der Waals surface area contributed by atoms with Gasteiger partial charge in [0.1, 0.15) is 30.5 Å². The predicted octanol–water partition coefficient (Wildman–Crippen LogP) is 5.67. The lowest BCUT2D eigenvalue weighted by molar-refractivity contribution is 0.0749. The molecule has 33 heavy (non-hydrogen) atoms. The maximum atomic E-state index is 12.6. The van der Waals surface area contributed by atoms with E-state index in [2.05, 4.69) is 5.32 Å². The Morgan fingerprint density at radius 1 is 0.727 bits per heavy atom. The highest BCUT2D eigenvalue weighted by Gasteiger charge is 2.28. The van der Waals surface area contributed by atoms with Crippen molar-refractivity contribution in [2.24, 2.45) is 0 Å². The van der Waals surface area contributed by atoms with Gasteiger partial charge >= 0.3 is 0 Å². The molecule has 164 valence electrons. The smallest absolute Gasteiger partial charge is 0.258 e. The SMILES string of the molecule is O=C1N[C@@H](c2ccc(OCc3ccccc3)cc2OCc2ccccc2)Oc2ccccc21. The topological polar surface area (TPSA) is 56.8 Å². The van der Waals surface area contributed by atoms with Gasteiger partial charge in [-0.25, -0.2) is 0 Å². The molecule has 1 N–H and O–H groups in total. The van der Waals surface area contributed by atoms with Gasteiger partial charge in [0.15, 0.2) is 0 Å². The Kier molecular flexibility index (Phi) is 5.93. The van der Waals surface area contributed by atoms with Crippen LogP contribution in [0, 0.1) is 0 Å². The summed E-state index contributed by atoms with van der Waals surface area (Å²) in [5, 5.41) is 2.92. The van der Waals surface area contributed by atoms with Crippen LogP contribution in [0.4, 0.5) is 0 Å². The van der Waals surface area contributed by atoms with E-state index in [0.29, 0.717) is 36.0 Å². The lowest BCUT2D eigenvalue weighted by Gasteiger charge is -2.28. The minimum absolute atomic E-state index is 0.180. The van der Waals surface area contributed by atoms with Gasteiger partial charge in [0, 0.05) is 6.07 Å². The molecule has 0 saturated carbocycles. The average molecular weight is 437 g/mol. The second kappa shape index (κ2) is 9.49. The molecule has 1 aliphatic heterocycles. The van der Waals surface area contributed by atoms with Crippen LogP contribution in [0.1, 0.15) is 33.3 Å². The molecule has 0 aliphatic carbocycles. The van der Waals surface area contributed by atoms with E-state index in [1.54, 1.807) is 12.1 Å². The summed E-state index contributed by atoms with van der Waals surface area (Å²) in [6.07, 6.45) is -0.665. The van der Waals surface area contributed by atoms with Crippen molar-refractivity contribution in [3.63, 3.8) is 0 Å². The van der Waals surface area contributed by atoms with Gasteiger partial charge in [0.05, 0.1) is 11.1 Å². The summed E-state index contributed by atoms with van der Waals surface area (Å²) < 4.78 is 18.3. The maximum Gasteiger partial charge on any atom is 0.258 e. The van der Waals surface area contributed by atoms with Crippen LogP contribution in [0.5, 0.6) is 17.2 Å². The van der Waals surface area contributed by atoms with Crippen LogP contribution in [0.3, 0.4) is 0 Å². The van der Waals surface area contributed by atoms with Crippen LogP contribution in [-0.2, 0) is 13.2 Å². The molecule has 1 amide bonds. The van der Waals surface area contributed by atoms with Gasteiger partial charge in [0.2, 0.25) is 6.23 Å². The van der Waals surface area contributed by atoms with E-state index in [1.807, 2.05) is 91.0 Å². The van der Waals surface area contributed by atoms with Gasteiger partial charge in [-0.15, -0.1) is 0 Å². The van der Waals surface area contributed by atoms with Gasteiger partial charge in [0.25, 0.3) is 5.91 Å². The summed E-state index contributed by atoms with van der Waals surface area (Å²) >= 11 is 0. The van der Waals surface area contributed by atoms with Gasteiger partial charge < -0.3 is 19.5 Å². The normalized spacial score (nSPS) is 14.5. The largest absolute Gasteiger partial charge is 0.489 e. The fraction of sp³-hybridized carbons (Fsp3) is 0.107. The Hall–Kier alpha value is -4.25. The van der Waals surface area contributed by atoms with Gasteiger partial charge in [-0.2, -0.15) is 0 Å². The summed E-state index contributed by atoms with van der Waals surface area (Å²) in [5.41, 5.74) is 3.36. The molecule has 4 aromatic rings. The number of nitrogens with one attached hydrogen (secondary N) is 1. The van der Waals surface area contributed by atoms with Crippen molar-refractivity contribution in [2.45, 2.75) is 19.4 Å². The van der Waals surface area contributed by atoms with E-state index in [-0.39, 0.29) is 5.91 Å². The zero-order valence-electron chi connectivity index (χ0n) is 17.9. The van der Waals surface area contributed by atoms with Crippen molar-refractivity contribution in [3.05, 3.63) is 125 Å². The fourth-order valence-electron chi connectivity index (χ4n) is 3.67. The molecule has 0 unspecified atom stereocenters. The maximum absolute atomic E-state index is 12.6. The molecular weight excluding hydrogens is 414 g/mol. The Bertz CT molecular complexity index is 1240. The quantitative estimate of drug-likeness (QED) is 0.405. The Labute approximate surface area is 192 Å². The summed E-state index contributed by atoms with van der Waals surface area (Å²) in [5.74, 6) is 1.63. The number of hydrogen-bond donors (Lipinski definition) is 1. The highest BCUT2D eigenvalue weighted by molar-refractivity contribution is 5.98. The Morgan fingerprint density at radius 2 is 1.36 bits per heavy atom. The lowest BCUT2D eigenvalue weighted by atomic mass is 10.1. The molecule has 4 aromatic carbocycles. The van der Waals surface area contributed by atoms with Crippen molar-refractivity contribution in [3.8, 4) is 17.2 Å². The molecule has 5 heteroatoms. The predicted molar refractivity (Wildman–Crippen MR) is 125 cm³/mol. The number of carbonyl (C=O) groups excluding carboxylic acids is 1. The standard InChI is InChI=1S/C28H23NO4/c30-27-23-13-7-8-14-25(23)33-28(29-27)24-16-15-22(31-18-20-9-3-1-4-10-20)17-26(24)32-19-21-11-5-2-6-12-21/h1-17,28H,18-19H2,(H,29,30)/t28-/m1/s1. The molecule has 1 heterocycles. The minimum Gasteiger partial charge on any atom is -0.489 e. The summed E-state index contributed by atoms with van der Waals surface area (Å²) in [4.78, 5) is 12.6.